The molecule has 0 unspecified atom stereocenters. The lowest BCUT2D eigenvalue weighted by Crippen LogP contribution is -2.16. The first-order chi connectivity index (χ1) is 17.2. The summed E-state index contributed by atoms with van der Waals surface area (Å²) in [4.78, 5) is 15.3. The van der Waals surface area contributed by atoms with Crippen molar-refractivity contribution < 1.29 is 14.3 Å². The van der Waals surface area contributed by atoms with Crippen molar-refractivity contribution in [1.29, 1.82) is 0 Å². The summed E-state index contributed by atoms with van der Waals surface area (Å²) in [6, 6.07) is 18.2. The third kappa shape index (κ3) is 6.39. The summed E-state index contributed by atoms with van der Waals surface area (Å²) in [5.74, 6) is 0.160. The summed E-state index contributed by atoms with van der Waals surface area (Å²) in [5, 5.41) is 21.7. The molecular weight excluding hydrogens is 440 g/mol. The van der Waals surface area contributed by atoms with E-state index in [-0.39, 0.29) is 6.42 Å². The van der Waals surface area contributed by atoms with Crippen LogP contribution in [0.2, 0.25) is 0 Å². The van der Waals surface area contributed by atoms with E-state index in [1.807, 2.05) is 48.5 Å². The molecule has 7 nitrogen and oxygen atoms in total. The van der Waals surface area contributed by atoms with Crippen molar-refractivity contribution in [1.82, 2.24) is 20.5 Å². The van der Waals surface area contributed by atoms with Gasteiger partial charge in [-0.05, 0) is 54.6 Å². The summed E-state index contributed by atoms with van der Waals surface area (Å²) in [6.45, 7) is 3.41. The minimum atomic E-state index is -0.779. The second-order valence-corrected chi connectivity index (χ2v) is 8.43. The number of hydrogen-bond acceptors (Lipinski definition) is 6. The van der Waals surface area contributed by atoms with Crippen LogP contribution in [0.1, 0.15) is 56.0 Å². The lowest BCUT2D eigenvalue weighted by atomic mass is 10.00. The number of allylic oxidation sites excluding steroid dienone is 1. The highest BCUT2D eigenvalue weighted by molar-refractivity contribution is 5.94. The normalized spacial score (nSPS) is 11.7. The predicted octanol–water partition coefficient (Wildman–Crippen LogP) is 5.97. The molecule has 35 heavy (non-hydrogen) atoms. The summed E-state index contributed by atoms with van der Waals surface area (Å²) in [5.41, 5.74) is 5.07. The lowest BCUT2D eigenvalue weighted by Gasteiger charge is -2.09. The van der Waals surface area contributed by atoms with Crippen molar-refractivity contribution in [3.8, 4) is 11.5 Å². The van der Waals surface area contributed by atoms with Crippen LogP contribution in [0.3, 0.4) is 0 Å². The summed E-state index contributed by atoms with van der Waals surface area (Å²) < 4.78 is 6.09. The van der Waals surface area contributed by atoms with Crippen molar-refractivity contribution >= 4 is 28.5 Å². The number of aliphatic carboxylic acids is 1. The molecule has 4 aromatic rings. The topological polar surface area (TPSA) is 101 Å². The van der Waals surface area contributed by atoms with E-state index in [0.717, 1.165) is 46.9 Å². The molecule has 0 aliphatic carbocycles. The SMILES string of the molecule is CCCC/C(=C\c1nnc(-c2ccc(CNCCCC(=O)O)c3ncccc23)o1)c1ccccc1. The summed E-state index contributed by atoms with van der Waals surface area (Å²) in [6.07, 6.45) is 7.63. The van der Waals surface area contributed by atoms with Crippen molar-refractivity contribution in [2.45, 2.75) is 45.6 Å². The van der Waals surface area contributed by atoms with Gasteiger partial charge in [-0.25, -0.2) is 0 Å². The minimum absolute atomic E-state index is 0.156. The highest BCUT2D eigenvalue weighted by Crippen LogP contribution is 2.30. The van der Waals surface area contributed by atoms with E-state index in [1.54, 1.807) is 6.20 Å². The zero-order valence-corrected chi connectivity index (χ0v) is 19.9. The molecule has 0 fully saturated rings. The van der Waals surface area contributed by atoms with Crippen molar-refractivity contribution in [3.63, 3.8) is 0 Å². The molecule has 0 radical (unpaired) electrons. The smallest absolute Gasteiger partial charge is 0.303 e. The Morgan fingerprint density at radius 2 is 1.89 bits per heavy atom. The fourth-order valence-corrected chi connectivity index (χ4v) is 4.02. The summed E-state index contributed by atoms with van der Waals surface area (Å²) >= 11 is 0. The number of carbonyl (C=O) groups is 1. The number of nitrogens with one attached hydrogen (secondary N) is 1. The first kappa shape index (κ1) is 24.3. The molecule has 0 amide bonds. The van der Waals surface area contributed by atoms with Crippen molar-refractivity contribution in [3.05, 3.63) is 77.8 Å². The second kappa shape index (κ2) is 12.0. The highest BCUT2D eigenvalue weighted by Gasteiger charge is 2.14. The van der Waals surface area contributed by atoms with Crippen LogP contribution in [-0.4, -0.2) is 32.8 Å². The molecule has 0 aliphatic rings. The molecule has 0 aliphatic heterocycles. The first-order valence-corrected chi connectivity index (χ1v) is 12.0. The van der Waals surface area contributed by atoms with Crippen molar-refractivity contribution in [2.75, 3.05) is 6.54 Å². The van der Waals surface area contributed by atoms with Gasteiger partial charge in [0.25, 0.3) is 0 Å². The van der Waals surface area contributed by atoms with Crippen LogP contribution in [0.5, 0.6) is 0 Å². The number of rotatable bonds is 12. The Balaban J connectivity index is 1.58. The monoisotopic (exact) mass is 470 g/mol. The number of carboxylic acid groups (broad SMARTS) is 1. The van der Waals surface area contributed by atoms with Crippen LogP contribution in [0.4, 0.5) is 0 Å². The van der Waals surface area contributed by atoms with Crippen molar-refractivity contribution in [2.24, 2.45) is 0 Å². The molecule has 0 bridgehead atoms. The molecular formula is C28H30N4O3. The van der Waals surface area contributed by atoms with Gasteiger partial charge in [0.15, 0.2) is 0 Å². The number of fused-ring (bicyclic) bond motifs is 1. The average molecular weight is 471 g/mol. The average Bonchev–Trinajstić information content (AvgIpc) is 3.35. The van der Waals surface area contributed by atoms with E-state index in [1.165, 1.54) is 5.57 Å². The van der Waals surface area contributed by atoms with E-state index in [2.05, 4.69) is 39.6 Å². The van der Waals surface area contributed by atoms with E-state index in [0.29, 0.717) is 31.3 Å². The van der Waals surface area contributed by atoms with Crippen LogP contribution in [0.15, 0.2) is 65.2 Å². The molecule has 2 aromatic carbocycles. The standard InChI is InChI=1S/C28H30N4O3/c1-2-3-9-21(20-10-5-4-6-11-20)18-25-31-32-28(35-25)24-15-14-22(19-29-16-8-13-26(33)34)27-23(24)12-7-17-30-27/h4-7,10-12,14-15,17-18,29H,2-3,8-9,13,16,19H2,1H3,(H,33,34)/b21-18+. The molecule has 180 valence electrons. The Hall–Kier alpha value is -3.84. The third-order valence-electron chi connectivity index (χ3n) is 5.83. The summed E-state index contributed by atoms with van der Waals surface area (Å²) in [7, 11) is 0. The molecule has 7 heteroatoms. The van der Waals surface area contributed by atoms with Gasteiger partial charge in [-0.1, -0.05) is 55.8 Å². The van der Waals surface area contributed by atoms with Crippen LogP contribution in [0, 0.1) is 0 Å². The Morgan fingerprint density at radius 3 is 2.69 bits per heavy atom. The van der Waals surface area contributed by atoms with Crippen LogP contribution in [-0.2, 0) is 11.3 Å². The van der Waals surface area contributed by atoms with E-state index in [9.17, 15) is 4.79 Å². The molecule has 0 saturated heterocycles. The molecule has 4 rings (SSSR count). The number of aromatic nitrogens is 3. The quantitative estimate of drug-likeness (QED) is 0.246. The first-order valence-electron chi connectivity index (χ1n) is 12.0. The van der Waals surface area contributed by atoms with Crippen LogP contribution < -0.4 is 5.32 Å². The fraction of sp³-hybridized carbons (Fsp3) is 0.286. The number of unbranched alkanes of at least 4 members (excludes halogenated alkanes) is 1. The van der Waals surface area contributed by atoms with Crippen LogP contribution in [0.25, 0.3) is 34.0 Å². The predicted molar refractivity (Wildman–Crippen MR) is 137 cm³/mol. The maximum absolute atomic E-state index is 10.7. The number of nitrogens with zero attached hydrogens (tertiary/aromatic N) is 3. The van der Waals surface area contributed by atoms with Gasteiger partial charge < -0.3 is 14.8 Å². The van der Waals surface area contributed by atoms with Gasteiger partial charge in [0.1, 0.15) is 0 Å². The maximum atomic E-state index is 10.7. The Morgan fingerprint density at radius 1 is 1.03 bits per heavy atom. The van der Waals surface area contributed by atoms with Gasteiger partial charge in [0.05, 0.1) is 5.52 Å². The largest absolute Gasteiger partial charge is 0.481 e. The minimum Gasteiger partial charge on any atom is -0.481 e. The molecule has 0 saturated carbocycles. The molecule has 2 N–H and O–H groups in total. The Kier molecular flexibility index (Phi) is 8.35. The molecule has 2 heterocycles. The van der Waals surface area contributed by atoms with E-state index < -0.39 is 5.97 Å². The molecule has 0 atom stereocenters. The molecule has 0 spiro atoms. The van der Waals surface area contributed by atoms with Crippen LogP contribution >= 0.6 is 0 Å². The number of benzene rings is 2. The number of pyridine rings is 1. The van der Waals surface area contributed by atoms with Gasteiger partial charge in [-0.2, -0.15) is 0 Å². The highest BCUT2D eigenvalue weighted by atomic mass is 16.4. The van der Waals surface area contributed by atoms with Gasteiger partial charge in [-0.3, -0.25) is 9.78 Å². The zero-order chi connectivity index (χ0) is 24.5. The Bertz CT molecular complexity index is 1300. The number of carboxylic acids is 1. The van der Waals surface area contributed by atoms with Gasteiger partial charge in [-0.15, -0.1) is 10.2 Å². The molecule has 2 aromatic heterocycles. The van der Waals surface area contributed by atoms with Gasteiger partial charge >= 0.3 is 5.97 Å². The van der Waals surface area contributed by atoms with E-state index in [4.69, 9.17) is 9.52 Å². The maximum Gasteiger partial charge on any atom is 0.303 e. The number of hydrogen-bond donors (Lipinski definition) is 2. The lowest BCUT2D eigenvalue weighted by molar-refractivity contribution is -0.137. The van der Waals surface area contributed by atoms with Gasteiger partial charge in [0.2, 0.25) is 11.8 Å². The second-order valence-electron chi connectivity index (χ2n) is 8.43. The third-order valence-corrected chi connectivity index (χ3v) is 5.83. The zero-order valence-electron chi connectivity index (χ0n) is 19.9. The van der Waals surface area contributed by atoms with Gasteiger partial charge in [0, 0.05) is 36.2 Å². The Labute approximate surface area is 204 Å². The fourth-order valence-electron chi connectivity index (χ4n) is 4.02. The van der Waals surface area contributed by atoms with E-state index >= 15 is 0 Å².